The van der Waals surface area contributed by atoms with Crippen LogP contribution in [0.15, 0.2) is 49.1 Å². The number of hydrogen-bond acceptors (Lipinski definition) is 4. The lowest BCUT2D eigenvalue weighted by atomic mass is 10.2. The lowest BCUT2D eigenvalue weighted by Crippen LogP contribution is -2.10. The second kappa shape index (κ2) is 5.42. The van der Waals surface area contributed by atoms with E-state index >= 15 is 0 Å². The Kier molecular flexibility index (Phi) is 3.27. The summed E-state index contributed by atoms with van der Waals surface area (Å²) in [6.07, 6.45) is 7.67. The number of benzene rings is 1. The van der Waals surface area contributed by atoms with E-state index in [1.54, 1.807) is 0 Å². The zero-order valence-corrected chi connectivity index (χ0v) is 12.5. The van der Waals surface area contributed by atoms with Crippen LogP contribution in [0, 0.1) is 0 Å². The summed E-state index contributed by atoms with van der Waals surface area (Å²) < 4.78 is 7.77. The van der Waals surface area contributed by atoms with Crippen LogP contribution in [0.1, 0.15) is 5.56 Å². The summed E-state index contributed by atoms with van der Waals surface area (Å²) in [5.41, 5.74) is 1.25. The van der Waals surface area contributed by atoms with Gasteiger partial charge in [-0.15, -0.1) is 0 Å². The minimum absolute atomic E-state index is 0.508. The Morgan fingerprint density at radius 3 is 3.05 bits per heavy atom. The topological polar surface area (TPSA) is 43.0 Å². The molecule has 1 aromatic carbocycles. The van der Waals surface area contributed by atoms with E-state index in [0.29, 0.717) is 6.04 Å². The van der Waals surface area contributed by atoms with Gasteiger partial charge in [-0.1, -0.05) is 0 Å². The van der Waals surface area contributed by atoms with Crippen molar-refractivity contribution in [2.24, 2.45) is 7.05 Å². The average Bonchev–Trinajstić information content (AvgIpc) is 3.15. The quantitative estimate of drug-likeness (QED) is 0.677. The van der Waals surface area contributed by atoms with Gasteiger partial charge in [0.25, 0.3) is 0 Å². The minimum Gasteiger partial charge on any atom is -0.492 e. The Morgan fingerprint density at radius 1 is 1.23 bits per heavy atom. The summed E-state index contributed by atoms with van der Waals surface area (Å²) in [7, 11) is 1.95. The Balaban J connectivity index is 1.33. The first-order valence-electron chi connectivity index (χ1n) is 7.46. The number of rotatable bonds is 5. The van der Waals surface area contributed by atoms with Gasteiger partial charge in [-0.25, -0.2) is 0 Å². The van der Waals surface area contributed by atoms with Crippen molar-refractivity contribution in [3.8, 4) is 5.75 Å². The SMILES string of the molecule is Cn1cc(CN2CC2COc2ccc3cnccc3c2)cn1. The van der Waals surface area contributed by atoms with E-state index in [-0.39, 0.29) is 0 Å². The van der Waals surface area contributed by atoms with E-state index in [1.807, 2.05) is 42.5 Å². The fraction of sp³-hybridized carbons (Fsp3) is 0.294. The van der Waals surface area contributed by atoms with Gasteiger partial charge in [0.1, 0.15) is 12.4 Å². The standard InChI is InChI=1S/C17H18N4O/c1-20-9-13(7-19-20)10-21-11-16(21)12-22-17-3-2-15-8-18-5-4-14(15)6-17/h2-9,16H,10-12H2,1H3. The van der Waals surface area contributed by atoms with Crippen molar-refractivity contribution in [1.82, 2.24) is 19.7 Å². The smallest absolute Gasteiger partial charge is 0.120 e. The van der Waals surface area contributed by atoms with Crippen LogP contribution in [0.3, 0.4) is 0 Å². The second-order valence-corrected chi connectivity index (χ2v) is 5.80. The third-order valence-corrected chi connectivity index (χ3v) is 4.03. The number of nitrogens with zero attached hydrogens (tertiary/aromatic N) is 4. The lowest BCUT2D eigenvalue weighted by Gasteiger charge is -2.07. The van der Waals surface area contributed by atoms with E-state index in [2.05, 4.69) is 33.3 Å². The van der Waals surface area contributed by atoms with E-state index in [0.717, 1.165) is 36.2 Å². The molecule has 3 heterocycles. The number of hydrogen-bond donors (Lipinski definition) is 0. The fourth-order valence-corrected chi connectivity index (χ4v) is 2.71. The molecule has 1 aliphatic heterocycles. The molecule has 5 nitrogen and oxygen atoms in total. The van der Waals surface area contributed by atoms with Gasteiger partial charge in [0.15, 0.2) is 0 Å². The highest BCUT2D eigenvalue weighted by Gasteiger charge is 2.34. The molecule has 1 saturated heterocycles. The molecule has 5 heteroatoms. The van der Waals surface area contributed by atoms with Crippen molar-refractivity contribution < 1.29 is 4.74 Å². The normalized spacial score (nSPS) is 20.2. The number of pyridine rings is 1. The van der Waals surface area contributed by atoms with E-state index < -0.39 is 0 Å². The van der Waals surface area contributed by atoms with Crippen molar-refractivity contribution in [1.29, 1.82) is 0 Å². The van der Waals surface area contributed by atoms with E-state index in [9.17, 15) is 0 Å². The van der Waals surface area contributed by atoms with Crippen molar-refractivity contribution >= 4 is 10.8 Å². The first-order chi connectivity index (χ1) is 10.8. The molecular weight excluding hydrogens is 276 g/mol. The average molecular weight is 294 g/mol. The predicted molar refractivity (Wildman–Crippen MR) is 84.6 cm³/mol. The van der Waals surface area contributed by atoms with Gasteiger partial charge in [0.2, 0.25) is 0 Å². The largest absolute Gasteiger partial charge is 0.492 e. The zero-order valence-electron chi connectivity index (χ0n) is 12.5. The van der Waals surface area contributed by atoms with Gasteiger partial charge in [-0.2, -0.15) is 5.10 Å². The van der Waals surface area contributed by atoms with Crippen molar-refractivity contribution in [3.63, 3.8) is 0 Å². The van der Waals surface area contributed by atoms with Crippen molar-refractivity contribution in [2.45, 2.75) is 12.6 Å². The number of ether oxygens (including phenoxy) is 1. The number of fused-ring (bicyclic) bond motifs is 1. The second-order valence-electron chi connectivity index (χ2n) is 5.80. The fourth-order valence-electron chi connectivity index (χ4n) is 2.71. The maximum absolute atomic E-state index is 5.93. The van der Waals surface area contributed by atoms with Gasteiger partial charge < -0.3 is 4.74 Å². The van der Waals surface area contributed by atoms with Crippen LogP contribution in [0.2, 0.25) is 0 Å². The summed E-state index contributed by atoms with van der Waals surface area (Å²) in [4.78, 5) is 6.51. The summed E-state index contributed by atoms with van der Waals surface area (Å²) >= 11 is 0. The molecule has 0 N–H and O–H groups in total. The van der Waals surface area contributed by atoms with Crippen LogP contribution in [0.4, 0.5) is 0 Å². The summed E-state index contributed by atoms with van der Waals surface area (Å²) in [6.45, 7) is 2.77. The summed E-state index contributed by atoms with van der Waals surface area (Å²) in [5, 5.41) is 6.50. The third-order valence-electron chi connectivity index (χ3n) is 4.03. The molecule has 1 fully saturated rings. The monoisotopic (exact) mass is 294 g/mol. The Bertz CT molecular complexity index is 798. The molecule has 22 heavy (non-hydrogen) atoms. The molecule has 0 aliphatic carbocycles. The Hall–Kier alpha value is -2.40. The van der Waals surface area contributed by atoms with Gasteiger partial charge >= 0.3 is 0 Å². The molecule has 1 aliphatic rings. The Labute approximate surface area is 129 Å². The molecule has 0 saturated carbocycles. The molecule has 0 amide bonds. The third kappa shape index (κ3) is 2.80. The van der Waals surface area contributed by atoms with Gasteiger partial charge in [0.05, 0.1) is 12.2 Å². The number of aryl methyl sites for hydroxylation is 1. The van der Waals surface area contributed by atoms with Gasteiger partial charge in [-0.05, 0) is 29.7 Å². The van der Waals surface area contributed by atoms with Crippen LogP contribution in [0.5, 0.6) is 5.75 Å². The molecule has 0 spiro atoms. The lowest BCUT2D eigenvalue weighted by molar-refractivity contribution is 0.293. The zero-order chi connectivity index (χ0) is 14.9. The van der Waals surface area contributed by atoms with Gasteiger partial charge in [0, 0.05) is 49.7 Å². The van der Waals surface area contributed by atoms with Crippen LogP contribution < -0.4 is 4.74 Å². The van der Waals surface area contributed by atoms with E-state index in [4.69, 9.17) is 4.74 Å². The minimum atomic E-state index is 0.508. The molecule has 0 radical (unpaired) electrons. The number of aromatic nitrogens is 3. The van der Waals surface area contributed by atoms with Crippen molar-refractivity contribution in [3.05, 3.63) is 54.6 Å². The highest BCUT2D eigenvalue weighted by atomic mass is 16.5. The molecule has 2 unspecified atom stereocenters. The summed E-state index contributed by atoms with van der Waals surface area (Å²) in [5.74, 6) is 0.923. The van der Waals surface area contributed by atoms with Crippen LogP contribution in [-0.4, -0.2) is 38.9 Å². The maximum Gasteiger partial charge on any atom is 0.120 e. The highest BCUT2D eigenvalue weighted by molar-refractivity contribution is 5.82. The first kappa shape index (κ1) is 13.3. The van der Waals surface area contributed by atoms with Crippen LogP contribution in [0.25, 0.3) is 10.8 Å². The molecule has 2 aromatic heterocycles. The van der Waals surface area contributed by atoms with Crippen molar-refractivity contribution in [2.75, 3.05) is 13.2 Å². The predicted octanol–water partition coefficient (Wildman–Crippen LogP) is 2.23. The van der Waals surface area contributed by atoms with E-state index in [1.165, 1.54) is 5.56 Å². The molecule has 3 aromatic rings. The molecule has 2 atom stereocenters. The highest BCUT2D eigenvalue weighted by Crippen LogP contribution is 2.24. The summed E-state index contributed by atoms with van der Waals surface area (Å²) in [6, 6.07) is 8.66. The van der Waals surface area contributed by atoms with Crippen LogP contribution in [-0.2, 0) is 13.6 Å². The van der Waals surface area contributed by atoms with Crippen LogP contribution >= 0.6 is 0 Å². The molecule has 0 bridgehead atoms. The first-order valence-corrected chi connectivity index (χ1v) is 7.46. The Morgan fingerprint density at radius 2 is 2.18 bits per heavy atom. The molecule has 112 valence electrons. The maximum atomic E-state index is 5.93. The molecular formula is C17H18N4O. The van der Waals surface area contributed by atoms with Gasteiger partial charge in [-0.3, -0.25) is 14.6 Å². The molecule has 4 rings (SSSR count).